The van der Waals surface area contributed by atoms with E-state index in [-0.39, 0.29) is 17.7 Å². The molecule has 0 amide bonds. The Hall–Kier alpha value is -3.38. The maximum absolute atomic E-state index is 6.86. The van der Waals surface area contributed by atoms with Gasteiger partial charge in [0.05, 0.1) is 17.7 Å². The van der Waals surface area contributed by atoms with E-state index in [1.165, 1.54) is 16.7 Å². The van der Waals surface area contributed by atoms with Crippen LogP contribution >= 0.6 is 0 Å². The molecule has 0 radical (unpaired) electrons. The van der Waals surface area contributed by atoms with Gasteiger partial charge >= 0.3 is 0 Å². The smallest absolute Gasteiger partial charge is 0.0936 e. The zero-order valence-electron chi connectivity index (χ0n) is 21.5. The van der Waals surface area contributed by atoms with Crippen molar-refractivity contribution in [3.05, 3.63) is 132 Å². The van der Waals surface area contributed by atoms with Crippen molar-refractivity contribution >= 4 is 0 Å². The highest BCUT2D eigenvalue weighted by atomic mass is 15.3. The van der Waals surface area contributed by atoms with Crippen LogP contribution in [0.4, 0.5) is 0 Å². The van der Waals surface area contributed by atoms with Crippen molar-refractivity contribution in [1.82, 2.24) is 20.4 Å². The molecule has 3 aromatic carbocycles. The topological polar surface area (TPSA) is 56.6 Å². The van der Waals surface area contributed by atoms with Crippen LogP contribution in [0.5, 0.6) is 0 Å². The zero-order chi connectivity index (χ0) is 25.3. The van der Waals surface area contributed by atoms with Gasteiger partial charge in [0.2, 0.25) is 0 Å². The molecule has 37 heavy (non-hydrogen) atoms. The quantitative estimate of drug-likeness (QED) is 0.401. The van der Waals surface area contributed by atoms with E-state index in [2.05, 4.69) is 136 Å². The molecule has 2 atom stereocenters. The lowest BCUT2D eigenvalue weighted by atomic mass is 9.72. The number of hydrogen-bond donors (Lipinski definition) is 3. The Morgan fingerprint density at radius 1 is 0.649 bits per heavy atom. The average Bonchev–Trinajstić information content (AvgIpc) is 2.98. The maximum Gasteiger partial charge on any atom is 0.0936 e. The van der Waals surface area contributed by atoms with Crippen molar-refractivity contribution in [1.29, 1.82) is 0 Å². The molecule has 0 bridgehead atoms. The summed E-state index contributed by atoms with van der Waals surface area (Å²) in [6.45, 7) is 4.20. The van der Waals surface area contributed by atoms with Gasteiger partial charge in [0, 0.05) is 32.7 Å². The van der Waals surface area contributed by atoms with E-state index in [9.17, 15) is 0 Å². The molecule has 5 rings (SSSR count). The van der Waals surface area contributed by atoms with Crippen LogP contribution in [0.3, 0.4) is 0 Å². The monoisotopic (exact) mass is 493 g/mol. The van der Waals surface area contributed by atoms with Crippen molar-refractivity contribution in [2.45, 2.75) is 30.6 Å². The number of hydrogen-bond acceptors (Lipinski definition) is 5. The largest absolute Gasteiger partial charge is 0.375 e. The number of nitrogens with two attached hydrogens (primary N) is 1. The van der Waals surface area contributed by atoms with Crippen LogP contribution in [0.1, 0.15) is 16.7 Å². The summed E-state index contributed by atoms with van der Waals surface area (Å²) in [6.07, 6.45) is 10.7. The number of nitrogens with zero attached hydrogens (tertiary/aromatic N) is 2. The summed E-state index contributed by atoms with van der Waals surface area (Å²) in [7, 11) is 0. The summed E-state index contributed by atoms with van der Waals surface area (Å²) in [6, 6.07) is 32.4. The Morgan fingerprint density at radius 2 is 1.08 bits per heavy atom. The number of benzene rings is 3. The normalized spacial score (nSPS) is 21.6. The van der Waals surface area contributed by atoms with Crippen molar-refractivity contribution in [3.63, 3.8) is 0 Å². The van der Waals surface area contributed by atoms with Gasteiger partial charge < -0.3 is 16.4 Å². The van der Waals surface area contributed by atoms with Gasteiger partial charge in [-0.05, 0) is 41.9 Å². The Balaban J connectivity index is 1.48. The van der Waals surface area contributed by atoms with Crippen molar-refractivity contribution in [2.75, 3.05) is 32.7 Å². The minimum atomic E-state index is -0.385. The van der Waals surface area contributed by atoms with E-state index in [4.69, 9.17) is 5.73 Å². The summed E-state index contributed by atoms with van der Waals surface area (Å²) in [4.78, 5) is 5.12. The Kier molecular flexibility index (Phi) is 8.36. The van der Waals surface area contributed by atoms with Crippen molar-refractivity contribution in [3.8, 4) is 0 Å². The summed E-state index contributed by atoms with van der Waals surface area (Å²) in [5.41, 5.74) is 10.4. The molecule has 2 aliphatic heterocycles. The van der Waals surface area contributed by atoms with Crippen LogP contribution in [0.2, 0.25) is 0 Å². The third-order valence-electron chi connectivity index (χ3n) is 7.84. The highest BCUT2D eigenvalue weighted by molar-refractivity contribution is 5.33. The standard InChI is InChI=1S/C32H39N5/c33-26-32(29-16-8-3-9-17-29,30-34-20-10-22-36(30)24-18-27-12-4-1-5-13-27)31-35-21-11-23-37(31)25-19-28-14-6-2-7-15-28/h1-17,20-21,30-31,34-35H,18-19,22-26,33H2. The first-order chi connectivity index (χ1) is 18.3. The summed E-state index contributed by atoms with van der Waals surface area (Å²) in [5.74, 6) is 0. The van der Waals surface area contributed by atoms with Crippen LogP contribution in [0.25, 0.3) is 0 Å². The van der Waals surface area contributed by atoms with Gasteiger partial charge in [-0.15, -0.1) is 0 Å². The SMILES string of the molecule is NCC(c1ccccc1)(C1NC=CCN1CCc1ccccc1)C1NC=CCN1CCc1ccccc1. The highest BCUT2D eigenvalue weighted by Gasteiger charge is 2.51. The van der Waals surface area contributed by atoms with Gasteiger partial charge in [-0.3, -0.25) is 9.80 Å². The van der Waals surface area contributed by atoms with E-state index >= 15 is 0 Å². The van der Waals surface area contributed by atoms with Crippen LogP contribution in [-0.2, 0) is 18.3 Å². The fraction of sp³-hybridized carbons (Fsp3) is 0.312. The lowest BCUT2D eigenvalue weighted by molar-refractivity contribution is 0.0195. The lowest BCUT2D eigenvalue weighted by Gasteiger charge is -2.54. The third-order valence-corrected chi connectivity index (χ3v) is 7.84. The molecule has 0 aromatic heterocycles. The van der Waals surface area contributed by atoms with E-state index in [0.717, 1.165) is 39.0 Å². The first-order valence-electron chi connectivity index (χ1n) is 13.4. The third kappa shape index (κ3) is 5.64. The molecule has 5 heteroatoms. The van der Waals surface area contributed by atoms with Gasteiger partial charge in [-0.1, -0.05) is 103 Å². The molecule has 0 spiro atoms. The minimum Gasteiger partial charge on any atom is -0.375 e. The second kappa shape index (κ2) is 12.2. The molecule has 2 aliphatic rings. The molecule has 0 aliphatic carbocycles. The molecular weight excluding hydrogens is 454 g/mol. The first kappa shape index (κ1) is 25.3. The molecule has 0 saturated carbocycles. The fourth-order valence-corrected chi connectivity index (χ4v) is 5.90. The van der Waals surface area contributed by atoms with Crippen molar-refractivity contribution < 1.29 is 0 Å². The molecule has 3 aromatic rings. The van der Waals surface area contributed by atoms with E-state index in [0.29, 0.717) is 6.54 Å². The maximum atomic E-state index is 6.86. The molecule has 0 fully saturated rings. The van der Waals surface area contributed by atoms with E-state index < -0.39 is 0 Å². The van der Waals surface area contributed by atoms with Crippen molar-refractivity contribution in [2.24, 2.45) is 5.73 Å². The van der Waals surface area contributed by atoms with Gasteiger partial charge in [0.25, 0.3) is 0 Å². The number of nitrogens with one attached hydrogen (secondary N) is 2. The van der Waals surface area contributed by atoms with E-state index in [1.807, 2.05) is 0 Å². The van der Waals surface area contributed by atoms with Gasteiger partial charge in [-0.2, -0.15) is 0 Å². The van der Waals surface area contributed by atoms with Gasteiger partial charge in [0.15, 0.2) is 0 Å². The van der Waals surface area contributed by atoms with Crippen LogP contribution in [-0.4, -0.2) is 54.9 Å². The lowest BCUT2D eigenvalue weighted by Crippen LogP contribution is -2.72. The fourth-order valence-electron chi connectivity index (χ4n) is 5.90. The summed E-state index contributed by atoms with van der Waals surface area (Å²) >= 11 is 0. The van der Waals surface area contributed by atoms with E-state index in [1.54, 1.807) is 0 Å². The molecule has 0 saturated heterocycles. The summed E-state index contributed by atoms with van der Waals surface area (Å²) < 4.78 is 0. The molecule has 5 nitrogen and oxygen atoms in total. The molecular formula is C32H39N5. The Morgan fingerprint density at radius 3 is 1.51 bits per heavy atom. The van der Waals surface area contributed by atoms with Gasteiger partial charge in [-0.25, -0.2) is 0 Å². The van der Waals surface area contributed by atoms with Gasteiger partial charge in [0.1, 0.15) is 0 Å². The van der Waals surface area contributed by atoms with Crippen LogP contribution in [0.15, 0.2) is 116 Å². The first-order valence-corrected chi connectivity index (χ1v) is 13.4. The second-order valence-corrected chi connectivity index (χ2v) is 10.0. The van der Waals surface area contributed by atoms with Crippen LogP contribution in [0, 0.1) is 0 Å². The predicted molar refractivity (Wildman–Crippen MR) is 153 cm³/mol. The number of rotatable bonds is 10. The Bertz CT molecular complexity index is 1080. The predicted octanol–water partition coefficient (Wildman–Crippen LogP) is 3.86. The second-order valence-electron chi connectivity index (χ2n) is 10.0. The highest BCUT2D eigenvalue weighted by Crippen LogP contribution is 2.36. The summed E-state index contributed by atoms with van der Waals surface area (Å²) in [5, 5.41) is 7.52. The molecule has 2 unspecified atom stereocenters. The minimum absolute atomic E-state index is 0.0387. The zero-order valence-corrected chi connectivity index (χ0v) is 21.5. The molecule has 4 N–H and O–H groups in total. The Labute approximate surface area is 221 Å². The molecule has 192 valence electrons. The molecule has 2 heterocycles. The van der Waals surface area contributed by atoms with Crippen LogP contribution < -0.4 is 16.4 Å². The average molecular weight is 494 g/mol.